The number of carbonyl (C=O) groups excluding carboxylic acids is 2. The van der Waals surface area contributed by atoms with Gasteiger partial charge in [0.1, 0.15) is 6.04 Å². The van der Waals surface area contributed by atoms with Crippen molar-refractivity contribution in [2.24, 2.45) is 17.3 Å². The Morgan fingerprint density at radius 1 is 1.20 bits per heavy atom. The maximum Gasteiger partial charge on any atom is 0.244 e. The fraction of sp³-hybridized carbons (Fsp3) is 0.857. The van der Waals surface area contributed by atoms with Crippen molar-refractivity contribution in [3.8, 4) is 0 Å². The topological polar surface area (TPSA) is 61.4 Å². The lowest BCUT2D eigenvalue weighted by Gasteiger charge is -2.25. The van der Waals surface area contributed by atoms with Gasteiger partial charge in [-0.25, -0.2) is 0 Å². The van der Waals surface area contributed by atoms with Gasteiger partial charge in [-0.15, -0.1) is 12.4 Å². The molecule has 0 aromatic rings. The van der Waals surface area contributed by atoms with E-state index in [1.807, 2.05) is 25.7 Å². The predicted octanol–water partition coefficient (Wildman–Crippen LogP) is 0.637. The lowest BCUT2D eigenvalue weighted by atomic mass is 9.95. The number of fused-ring (bicyclic) bond motifs is 1. The molecule has 1 unspecified atom stereocenters. The van der Waals surface area contributed by atoms with Crippen LogP contribution in [0.1, 0.15) is 27.7 Å². The molecule has 2 N–H and O–H groups in total. The van der Waals surface area contributed by atoms with Gasteiger partial charge in [-0.2, -0.15) is 0 Å². The number of carbonyl (C=O) groups is 2. The molecule has 6 heteroatoms. The minimum Gasteiger partial charge on any atom is -0.344 e. The molecule has 116 valence electrons. The Morgan fingerprint density at radius 2 is 1.70 bits per heavy atom. The highest BCUT2D eigenvalue weighted by atomic mass is 35.5. The Kier molecular flexibility index (Phi) is 5.44. The van der Waals surface area contributed by atoms with E-state index in [1.165, 1.54) is 0 Å². The van der Waals surface area contributed by atoms with Crippen LogP contribution >= 0.6 is 12.4 Å². The third-order valence-electron chi connectivity index (χ3n) is 4.10. The van der Waals surface area contributed by atoms with Crippen LogP contribution in [0.2, 0.25) is 0 Å². The summed E-state index contributed by atoms with van der Waals surface area (Å²) in [4.78, 5) is 26.1. The van der Waals surface area contributed by atoms with Gasteiger partial charge in [0.15, 0.2) is 0 Å². The van der Waals surface area contributed by atoms with E-state index < -0.39 is 11.5 Å². The van der Waals surface area contributed by atoms with Gasteiger partial charge in [0.25, 0.3) is 0 Å². The molecule has 0 saturated carbocycles. The predicted molar refractivity (Wildman–Crippen MR) is 80.7 cm³/mol. The summed E-state index contributed by atoms with van der Waals surface area (Å²) in [5, 5.41) is 6.17. The third kappa shape index (κ3) is 3.64. The van der Waals surface area contributed by atoms with E-state index in [4.69, 9.17) is 0 Å². The molecule has 2 aliphatic rings. The van der Waals surface area contributed by atoms with E-state index in [0.717, 1.165) is 26.2 Å². The first-order valence-corrected chi connectivity index (χ1v) is 7.09. The number of rotatable bonds is 2. The zero-order valence-corrected chi connectivity index (χ0v) is 13.5. The second-order valence-electron chi connectivity index (χ2n) is 6.87. The Morgan fingerprint density at radius 3 is 2.15 bits per heavy atom. The fourth-order valence-corrected chi connectivity index (χ4v) is 2.78. The normalized spacial score (nSPS) is 26.7. The molecule has 3 atom stereocenters. The maximum atomic E-state index is 12.3. The molecule has 2 heterocycles. The van der Waals surface area contributed by atoms with Crippen molar-refractivity contribution in [2.45, 2.75) is 33.7 Å². The molecular weight excluding hydrogens is 278 g/mol. The molecule has 2 aliphatic heterocycles. The summed E-state index contributed by atoms with van der Waals surface area (Å²) in [5.41, 5.74) is -0.458. The minimum absolute atomic E-state index is 0. The molecule has 0 aliphatic carbocycles. The first kappa shape index (κ1) is 17.2. The molecule has 2 amide bonds. The number of hydrogen-bond acceptors (Lipinski definition) is 3. The van der Waals surface area contributed by atoms with Gasteiger partial charge in [-0.05, 0) is 18.8 Å². The molecule has 0 aromatic heterocycles. The van der Waals surface area contributed by atoms with E-state index in [2.05, 4.69) is 10.6 Å². The van der Waals surface area contributed by atoms with Crippen molar-refractivity contribution in [2.75, 3.05) is 26.2 Å². The smallest absolute Gasteiger partial charge is 0.244 e. The number of amides is 2. The van der Waals surface area contributed by atoms with Crippen molar-refractivity contribution in [1.82, 2.24) is 15.5 Å². The van der Waals surface area contributed by atoms with Gasteiger partial charge < -0.3 is 15.5 Å². The average Bonchev–Trinajstić information content (AvgIpc) is 2.86. The number of halogens is 1. The lowest BCUT2D eigenvalue weighted by Crippen LogP contribution is -2.49. The van der Waals surface area contributed by atoms with Crippen LogP contribution < -0.4 is 10.6 Å². The van der Waals surface area contributed by atoms with Crippen LogP contribution in [0.15, 0.2) is 0 Å². The van der Waals surface area contributed by atoms with Gasteiger partial charge in [0.2, 0.25) is 11.8 Å². The summed E-state index contributed by atoms with van der Waals surface area (Å²) < 4.78 is 0. The Balaban J connectivity index is 0.00000200. The van der Waals surface area contributed by atoms with E-state index in [-0.39, 0.29) is 24.2 Å². The molecular formula is C14H26ClN3O2. The molecule has 2 rings (SSSR count). The number of hydrogen-bond donors (Lipinski definition) is 2. The Labute approximate surface area is 127 Å². The summed E-state index contributed by atoms with van der Waals surface area (Å²) in [7, 11) is 0. The van der Waals surface area contributed by atoms with Crippen molar-refractivity contribution in [3.05, 3.63) is 0 Å². The number of nitrogens with zero attached hydrogens (tertiary/aromatic N) is 1. The van der Waals surface area contributed by atoms with Crippen LogP contribution in [0.4, 0.5) is 0 Å². The molecule has 0 bridgehead atoms. The van der Waals surface area contributed by atoms with E-state index in [1.54, 1.807) is 6.92 Å². The Bertz CT molecular complexity index is 369. The summed E-state index contributed by atoms with van der Waals surface area (Å²) >= 11 is 0. The van der Waals surface area contributed by atoms with E-state index in [0.29, 0.717) is 11.8 Å². The van der Waals surface area contributed by atoms with Gasteiger partial charge in [0, 0.05) is 31.6 Å². The third-order valence-corrected chi connectivity index (χ3v) is 4.10. The van der Waals surface area contributed by atoms with Crippen LogP contribution in [0, 0.1) is 17.3 Å². The van der Waals surface area contributed by atoms with Gasteiger partial charge in [0.05, 0.1) is 0 Å². The largest absolute Gasteiger partial charge is 0.344 e. The van der Waals surface area contributed by atoms with Crippen LogP contribution in [-0.2, 0) is 9.59 Å². The SMILES string of the molecule is CC(NC(=O)C(C)(C)C)C(=O)N1C[C@H]2CNC[C@H]2C1.Cl. The molecule has 20 heavy (non-hydrogen) atoms. The van der Waals surface area contributed by atoms with Crippen molar-refractivity contribution in [1.29, 1.82) is 0 Å². The Hall–Kier alpha value is -0.810. The standard InChI is InChI=1S/C14H25N3O2.ClH/c1-9(16-13(19)14(2,3)4)12(18)17-7-10-5-15-6-11(10)8-17;/h9-11,15H,5-8H2,1-4H3,(H,16,19);1H/t9?,10-,11+;. The minimum atomic E-state index is -0.458. The fourth-order valence-electron chi connectivity index (χ4n) is 2.78. The van der Waals surface area contributed by atoms with Gasteiger partial charge >= 0.3 is 0 Å². The van der Waals surface area contributed by atoms with Crippen LogP contribution in [-0.4, -0.2) is 48.9 Å². The van der Waals surface area contributed by atoms with Crippen molar-refractivity contribution >= 4 is 24.2 Å². The van der Waals surface area contributed by atoms with Crippen molar-refractivity contribution < 1.29 is 9.59 Å². The lowest BCUT2D eigenvalue weighted by molar-refractivity contribution is -0.137. The molecule has 5 nitrogen and oxygen atoms in total. The van der Waals surface area contributed by atoms with E-state index >= 15 is 0 Å². The molecule has 2 fully saturated rings. The zero-order valence-electron chi connectivity index (χ0n) is 12.7. The zero-order chi connectivity index (χ0) is 14.2. The highest BCUT2D eigenvalue weighted by Gasteiger charge is 2.39. The molecule has 0 spiro atoms. The summed E-state index contributed by atoms with van der Waals surface area (Å²) in [6.45, 7) is 11.0. The second kappa shape index (κ2) is 6.31. The first-order valence-electron chi connectivity index (χ1n) is 7.09. The van der Waals surface area contributed by atoms with Crippen LogP contribution in [0.5, 0.6) is 0 Å². The second-order valence-corrected chi connectivity index (χ2v) is 6.87. The quantitative estimate of drug-likeness (QED) is 0.787. The van der Waals surface area contributed by atoms with Gasteiger partial charge in [-0.3, -0.25) is 9.59 Å². The molecule has 2 saturated heterocycles. The summed E-state index contributed by atoms with van der Waals surface area (Å²) in [6.07, 6.45) is 0. The maximum absolute atomic E-state index is 12.3. The average molecular weight is 304 g/mol. The van der Waals surface area contributed by atoms with Gasteiger partial charge in [-0.1, -0.05) is 20.8 Å². The number of likely N-dealkylation sites (tertiary alicyclic amines) is 1. The van der Waals surface area contributed by atoms with E-state index in [9.17, 15) is 9.59 Å². The molecule has 0 radical (unpaired) electrons. The summed E-state index contributed by atoms with van der Waals surface area (Å²) in [6, 6.07) is -0.432. The van der Waals surface area contributed by atoms with Crippen molar-refractivity contribution in [3.63, 3.8) is 0 Å². The van der Waals surface area contributed by atoms with Crippen LogP contribution in [0.25, 0.3) is 0 Å². The van der Waals surface area contributed by atoms with Crippen LogP contribution in [0.3, 0.4) is 0 Å². The highest BCUT2D eigenvalue weighted by molar-refractivity contribution is 5.89. The first-order chi connectivity index (χ1) is 8.79. The number of nitrogens with one attached hydrogen (secondary N) is 2. The monoisotopic (exact) mass is 303 g/mol. The molecule has 0 aromatic carbocycles. The highest BCUT2D eigenvalue weighted by Crippen LogP contribution is 2.26. The summed E-state index contributed by atoms with van der Waals surface area (Å²) in [5.74, 6) is 1.16.